The first kappa shape index (κ1) is 23.7. The highest BCUT2D eigenvalue weighted by molar-refractivity contribution is 9.10. The minimum Gasteiger partial charge on any atom is -0.497 e. The smallest absolute Gasteiger partial charge is 0.250 e. The summed E-state index contributed by atoms with van der Waals surface area (Å²) in [7, 11) is 1.63. The fourth-order valence-corrected chi connectivity index (χ4v) is 4.12. The van der Waals surface area contributed by atoms with Gasteiger partial charge in [-0.25, -0.2) is 5.43 Å². The van der Waals surface area contributed by atoms with Crippen LogP contribution in [-0.2, 0) is 4.79 Å². The summed E-state index contributed by atoms with van der Waals surface area (Å²) in [6.07, 6.45) is 1.60. The molecule has 0 bridgehead atoms. The molecule has 34 heavy (non-hydrogen) atoms. The van der Waals surface area contributed by atoms with E-state index in [1.807, 2.05) is 84.3 Å². The lowest BCUT2D eigenvalue weighted by molar-refractivity contribution is -0.118. The maximum absolute atomic E-state index is 12.4. The number of methoxy groups -OCH3 is 1. The van der Waals surface area contributed by atoms with Crippen molar-refractivity contribution in [1.29, 1.82) is 0 Å². The number of nitrogens with one attached hydrogen (secondary N) is 1. The second-order valence-corrected chi connectivity index (χ2v) is 9.20. The average molecular weight is 536 g/mol. The van der Waals surface area contributed by atoms with Crippen LogP contribution in [0.25, 0.3) is 17.1 Å². The van der Waals surface area contributed by atoms with Gasteiger partial charge in [0.05, 0.1) is 19.1 Å². The van der Waals surface area contributed by atoms with E-state index in [0.29, 0.717) is 11.0 Å². The van der Waals surface area contributed by atoms with Crippen LogP contribution in [0.1, 0.15) is 11.1 Å². The SMILES string of the molecule is COc1ccc(-n2c(SCC(=O)N/N=C\c3ccc(Br)cc3)nnc2-c2ccc(C)cc2)cc1. The summed E-state index contributed by atoms with van der Waals surface area (Å²) >= 11 is 4.69. The van der Waals surface area contributed by atoms with E-state index < -0.39 is 0 Å². The maximum atomic E-state index is 12.4. The summed E-state index contributed by atoms with van der Waals surface area (Å²) in [6.45, 7) is 2.04. The summed E-state index contributed by atoms with van der Waals surface area (Å²) in [4.78, 5) is 12.4. The molecule has 0 saturated carbocycles. The largest absolute Gasteiger partial charge is 0.497 e. The van der Waals surface area contributed by atoms with Crippen molar-refractivity contribution < 1.29 is 9.53 Å². The lowest BCUT2D eigenvalue weighted by atomic mass is 10.1. The van der Waals surface area contributed by atoms with Gasteiger partial charge in [0, 0.05) is 15.7 Å². The van der Waals surface area contributed by atoms with Gasteiger partial charge >= 0.3 is 0 Å². The third-order valence-corrected chi connectivity index (χ3v) is 6.34. The molecule has 1 N–H and O–H groups in total. The Morgan fingerprint density at radius 3 is 2.44 bits per heavy atom. The lowest BCUT2D eigenvalue weighted by Gasteiger charge is -2.11. The third kappa shape index (κ3) is 5.92. The zero-order chi connectivity index (χ0) is 23.9. The molecule has 0 fully saturated rings. The van der Waals surface area contributed by atoms with E-state index in [4.69, 9.17) is 4.74 Å². The summed E-state index contributed by atoms with van der Waals surface area (Å²) in [6, 6.07) is 23.4. The zero-order valence-electron chi connectivity index (χ0n) is 18.6. The molecule has 172 valence electrons. The van der Waals surface area contributed by atoms with Crippen molar-refractivity contribution in [2.75, 3.05) is 12.9 Å². The van der Waals surface area contributed by atoms with Crippen LogP contribution in [0.2, 0.25) is 0 Å². The predicted octanol–water partition coefficient (Wildman–Crippen LogP) is 5.26. The molecular weight excluding hydrogens is 514 g/mol. The van der Waals surface area contributed by atoms with Crippen molar-refractivity contribution in [3.05, 3.63) is 88.4 Å². The Kier molecular flexibility index (Phi) is 7.76. The number of thioether (sulfide) groups is 1. The number of ether oxygens (including phenoxy) is 1. The van der Waals surface area contributed by atoms with Crippen molar-refractivity contribution in [3.8, 4) is 22.8 Å². The number of carbonyl (C=O) groups excluding carboxylic acids is 1. The van der Waals surface area contributed by atoms with Gasteiger partial charge in [0.25, 0.3) is 5.91 Å². The number of amides is 1. The molecule has 0 aliphatic heterocycles. The van der Waals surface area contributed by atoms with Gasteiger partial charge in [0.15, 0.2) is 11.0 Å². The first-order valence-electron chi connectivity index (χ1n) is 10.4. The molecule has 1 amide bonds. The quantitative estimate of drug-likeness (QED) is 0.189. The van der Waals surface area contributed by atoms with Gasteiger partial charge in [-0.3, -0.25) is 9.36 Å². The molecule has 0 aliphatic rings. The minimum atomic E-state index is -0.237. The Bertz CT molecular complexity index is 1290. The number of aromatic nitrogens is 3. The minimum absolute atomic E-state index is 0.139. The van der Waals surface area contributed by atoms with Crippen LogP contribution in [0.15, 0.2) is 87.5 Å². The Labute approximate surface area is 210 Å². The molecule has 0 radical (unpaired) electrons. The summed E-state index contributed by atoms with van der Waals surface area (Å²) < 4.78 is 8.20. The highest BCUT2D eigenvalue weighted by Gasteiger charge is 2.17. The van der Waals surface area contributed by atoms with Crippen molar-refractivity contribution in [1.82, 2.24) is 20.2 Å². The van der Waals surface area contributed by atoms with E-state index in [9.17, 15) is 4.79 Å². The number of benzene rings is 3. The van der Waals surface area contributed by atoms with Crippen LogP contribution in [0.5, 0.6) is 5.75 Å². The van der Waals surface area contributed by atoms with Crippen molar-refractivity contribution in [2.45, 2.75) is 12.1 Å². The highest BCUT2D eigenvalue weighted by atomic mass is 79.9. The monoisotopic (exact) mass is 535 g/mol. The molecule has 0 aliphatic carbocycles. The van der Waals surface area contributed by atoms with Gasteiger partial charge in [-0.05, 0) is 48.9 Å². The number of nitrogens with zero attached hydrogens (tertiary/aromatic N) is 4. The molecule has 0 atom stereocenters. The molecule has 0 unspecified atom stereocenters. The van der Waals surface area contributed by atoms with Crippen LogP contribution >= 0.6 is 27.7 Å². The van der Waals surface area contributed by atoms with Gasteiger partial charge in [0.2, 0.25) is 0 Å². The molecule has 0 saturated heterocycles. The fourth-order valence-electron chi connectivity index (χ4n) is 3.11. The van der Waals surface area contributed by atoms with Crippen LogP contribution in [0.4, 0.5) is 0 Å². The Balaban J connectivity index is 1.52. The number of hydrazone groups is 1. The molecular formula is C25H22BrN5O2S. The maximum Gasteiger partial charge on any atom is 0.250 e. The van der Waals surface area contributed by atoms with Crippen molar-refractivity contribution in [3.63, 3.8) is 0 Å². The highest BCUT2D eigenvalue weighted by Crippen LogP contribution is 2.29. The number of halogens is 1. The van der Waals surface area contributed by atoms with Crippen molar-refractivity contribution >= 4 is 39.8 Å². The third-order valence-electron chi connectivity index (χ3n) is 4.88. The van der Waals surface area contributed by atoms with E-state index in [0.717, 1.165) is 32.6 Å². The second kappa shape index (κ2) is 11.1. The van der Waals surface area contributed by atoms with E-state index in [2.05, 4.69) is 36.7 Å². The second-order valence-electron chi connectivity index (χ2n) is 7.34. The topological polar surface area (TPSA) is 81.4 Å². The Morgan fingerprint density at radius 1 is 1.06 bits per heavy atom. The lowest BCUT2D eigenvalue weighted by Crippen LogP contribution is -2.20. The first-order chi connectivity index (χ1) is 16.5. The standard InChI is InChI=1S/C25H22BrN5O2S/c1-17-3-7-19(8-4-17)24-29-30-25(31(24)21-11-13-22(33-2)14-12-21)34-16-23(32)28-27-15-18-5-9-20(26)10-6-18/h3-15H,16H2,1-2H3,(H,28,32)/b27-15-. The fraction of sp³-hybridized carbons (Fsp3) is 0.120. The number of aryl methyl sites for hydroxylation is 1. The molecule has 1 heterocycles. The normalized spacial score (nSPS) is 11.0. The first-order valence-corrected chi connectivity index (χ1v) is 12.2. The van der Waals surface area contributed by atoms with Gasteiger partial charge in [-0.2, -0.15) is 5.10 Å². The molecule has 3 aromatic carbocycles. The van der Waals surface area contributed by atoms with Crippen LogP contribution in [-0.4, -0.2) is 39.7 Å². The predicted molar refractivity (Wildman–Crippen MR) is 139 cm³/mol. The number of rotatable bonds is 8. The zero-order valence-corrected chi connectivity index (χ0v) is 21.0. The Morgan fingerprint density at radius 2 is 1.76 bits per heavy atom. The van der Waals surface area contributed by atoms with E-state index >= 15 is 0 Å². The van der Waals surface area contributed by atoms with E-state index in [1.54, 1.807) is 13.3 Å². The van der Waals surface area contributed by atoms with E-state index in [-0.39, 0.29) is 11.7 Å². The van der Waals surface area contributed by atoms with Crippen LogP contribution in [0, 0.1) is 6.92 Å². The average Bonchev–Trinajstić information content (AvgIpc) is 3.28. The van der Waals surface area contributed by atoms with E-state index in [1.165, 1.54) is 11.8 Å². The molecule has 4 aromatic rings. The molecule has 1 aromatic heterocycles. The number of hydrogen-bond acceptors (Lipinski definition) is 6. The number of carbonyl (C=O) groups is 1. The van der Waals surface area contributed by atoms with Gasteiger partial charge in [0.1, 0.15) is 5.75 Å². The van der Waals surface area contributed by atoms with Crippen molar-refractivity contribution in [2.24, 2.45) is 5.10 Å². The molecule has 4 rings (SSSR count). The van der Waals surface area contributed by atoms with Crippen LogP contribution in [0.3, 0.4) is 0 Å². The summed E-state index contributed by atoms with van der Waals surface area (Å²) in [5, 5.41) is 13.4. The Hall–Kier alpha value is -3.43. The summed E-state index contributed by atoms with van der Waals surface area (Å²) in [5.41, 5.74) is 6.41. The number of hydrogen-bond donors (Lipinski definition) is 1. The molecule has 7 nitrogen and oxygen atoms in total. The van der Waals surface area contributed by atoms with Gasteiger partial charge in [-0.15, -0.1) is 10.2 Å². The van der Waals surface area contributed by atoms with Crippen LogP contribution < -0.4 is 10.2 Å². The van der Waals surface area contributed by atoms with Gasteiger partial charge in [-0.1, -0.05) is 69.7 Å². The molecule has 9 heteroatoms. The summed E-state index contributed by atoms with van der Waals surface area (Å²) in [5.74, 6) is 1.35. The molecule has 0 spiro atoms. The van der Waals surface area contributed by atoms with Gasteiger partial charge < -0.3 is 4.74 Å².